The molecule has 1 fully saturated rings. The lowest BCUT2D eigenvalue weighted by Gasteiger charge is -2.26. The molecule has 1 amide bonds. The Kier molecular flexibility index (Phi) is 6.26. The number of benzene rings is 2. The van der Waals surface area contributed by atoms with Crippen LogP contribution in [0.15, 0.2) is 66.9 Å². The van der Waals surface area contributed by atoms with Gasteiger partial charge in [0.05, 0.1) is 23.6 Å². The topological polar surface area (TPSA) is 71.5 Å². The zero-order valence-corrected chi connectivity index (χ0v) is 18.8. The molecule has 6 nitrogen and oxygen atoms in total. The number of amides is 1. The van der Waals surface area contributed by atoms with E-state index in [9.17, 15) is 9.59 Å². The molecule has 0 aliphatic carbocycles. The van der Waals surface area contributed by atoms with Gasteiger partial charge in [0.15, 0.2) is 0 Å². The van der Waals surface area contributed by atoms with Crippen LogP contribution in [0.25, 0.3) is 21.3 Å². The standard InChI is InChI=1S/C26H23N3O3S/c30-17-19-4-5-23-22(15-19)21(8-9-27-23)24-6-7-25(33-24)26(31)28-20-3-1-2-18(14-20)16-29-10-12-32-13-11-29/h1-9,14-15,17H,10-13,16H2,(H,28,31). The number of nitrogens with one attached hydrogen (secondary N) is 1. The third-order valence-electron chi connectivity index (χ3n) is 5.69. The summed E-state index contributed by atoms with van der Waals surface area (Å²) in [5, 5.41) is 3.92. The number of hydrogen-bond donors (Lipinski definition) is 1. The van der Waals surface area contributed by atoms with Crippen LogP contribution < -0.4 is 5.32 Å². The van der Waals surface area contributed by atoms with Gasteiger partial charge in [-0.3, -0.25) is 19.5 Å². The molecule has 3 heterocycles. The Hall–Kier alpha value is -3.39. The van der Waals surface area contributed by atoms with E-state index in [1.807, 2.05) is 48.5 Å². The quantitative estimate of drug-likeness (QED) is 0.419. The van der Waals surface area contributed by atoms with Gasteiger partial charge in [0.25, 0.3) is 5.91 Å². The summed E-state index contributed by atoms with van der Waals surface area (Å²) in [4.78, 5) is 32.5. The lowest BCUT2D eigenvalue weighted by molar-refractivity contribution is 0.0342. The fraction of sp³-hybridized carbons (Fsp3) is 0.192. The normalized spacial score (nSPS) is 14.3. The average molecular weight is 458 g/mol. The Balaban J connectivity index is 1.34. The first-order chi connectivity index (χ1) is 16.2. The fourth-order valence-electron chi connectivity index (χ4n) is 4.01. The number of hydrogen-bond acceptors (Lipinski definition) is 6. The molecule has 0 spiro atoms. The van der Waals surface area contributed by atoms with Crippen LogP contribution >= 0.6 is 11.3 Å². The van der Waals surface area contributed by atoms with Crippen LogP contribution in [0, 0.1) is 0 Å². The van der Waals surface area contributed by atoms with Crippen molar-refractivity contribution in [3.63, 3.8) is 0 Å². The van der Waals surface area contributed by atoms with Crippen molar-refractivity contribution >= 4 is 40.1 Å². The monoisotopic (exact) mass is 457 g/mol. The molecule has 1 aliphatic rings. The summed E-state index contributed by atoms with van der Waals surface area (Å²) < 4.78 is 5.42. The third kappa shape index (κ3) is 4.85. The highest BCUT2D eigenvalue weighted by Crippen LogP contribution is 2.33. The number of carbonyl (C=O) groups is 2. The maximum absolute atomic E-state index is 12.9. The molecule has 7 heteroatoms. The first-order valence-electron chi connectivity index (χ1n) is 10.8. The molecule has 1 aliphatic heterocycles. The summed E-state index contributed by atoms with van der Waals surface area (Å²) in [6, 6.07) is 19.1. The van der Waals surface area contributed by atoms with Crippen LogP contribution in [0.2, 0.25) is 0 Å². The predicted octanol–water partition coefficient (Wildman–Crippen LogP) is 4.86. The lowest BCUT2D eigenvalue weighted by Crippen LogP contribution is -2.35. The molecule has 2 aromatic heterocycles. The first-order valence-corrected chi connectivity index (χ1v) is 11.7. The van der Waals surface area contributed by atoms with Gasteiger partial charge in [0.1, 0.15) is 6.29 Å². The minimum Gasteiger partial charge on any atom is -0.379 e. The highest BCUT2D eigenvalue weighted by atomic mass is 32.1. The number of nitrogens with zero attached hydrogens (tertiary/aromatic N) is 2. The number of rotatable bonds is 6. The van der Waals surface area contributed by atoms with Crippen molar-refractivity contribution < 1.29 is 14.3 Å². The molecule has 0 saturated carbocycles. The van der Waals surface area contributed by atoms with Gasteiger partial charge >= 0.3 is 0 Å². The van der Waals surface area contributed by atoms with E-state index in [0.29, 0.717) is 10.4 Å². The zero-order valence-electron chi connectivity index (χ0n) is 18.0. The number of thiophene rings is 1. The van der Waals surface area contributed by atoms with Crippen molar-refractivity contribution in [3.05, 3.63) is 82.9 Å². The third-order valence-corrected chi connectivity index (χ3v) is 6.81. The van der Waals surface area contributed by atoms with Gasteiger partial charge < -0.3 is 10.1 Å². The number of aromatic nitrogens is 1. The average Bonchev–Trinajstić information content (AvgIpc) is 3.34. The van der Waals surface area contributed by atoms with Gasteiger partial charge in [-0.05, 0) is 54.1 Å². The van der Waals surface area contributed by atoms with Gasteiger partial charge in [-0.25, -0.2) is 0 Å². The number of ether oxygens (including phenoxy) is 1. The number of aldehydes is 1. The molecular formula is C26H23N3O3S. The van der Waals surface area contributed by atoms with Crippen LogP contribution in [0.5, 0.6) is 0 Å². The van der Waals surface area contributed by atoms with Gasteiger partial charge in [-0.15, -0.1) is 11.3 Å². The SMILES string of the molecule is O=Cc1ccc2nccc(-c3ccc(C(=O)Nc4cccc(CN5CCOCC5)c4)s3)c2c1. The van der Waals surface area contributed by atoms with E-state index in [-0.39, 0.29) is 5.91 Å². The highest BCUT2D eigenvalue weighted by Gasteiger charge is 2.14. The van der Waals surface area contributed by atoms with E-state index in [1.165, 1.54) is 11.3 Å². The largest absolute Gasteiger partial charge is 0.379 e. The molecule has 4 aromatic rings. The second-order valence-corrected chi connectivity index (χ2v) is 9.04. The second-order valence-electron chi connectivity index (χ2n) is 7.96. The number of pyridine rings is 1. The van der Waals surface area contributed by atoms with E-state index >= 15 is 0 Å². The highest BCUT2D eigenvalue weighted by molar-refractivity contribution is 7.17. The molecule has 2 aromatic carbocycles. The van der Waals surface area contributed by atoms with Crippen LogP contribution in [0.1, 0.15) is 25.6 Å². The summed E-state index contributed by atoms with van der Waals surface area (Å²) in [5.41, 5.74) is 4.32. The van der Waals surface area contributed by atoms with E-state index < -0.39 is 0 Å². The second kappa shape index (κ2) is 9.62. The molecule has 1 N–H and O–H groups in total. The molecule has 0 bridgehead atoms. The summed E-state index contributed by atoms with van der Waals surface area (Å²) in [7, 11) is 0. The van der Waals surface area contributed by atoms with Crippen molar-refractivity contribution in [3.8, 4) is 10.4 Å². The zero-order chi connectivity index (χ0) is 22.6. The van der Waals surface area contributed by atoms with Crippen molar-refractivity contribution in [2.75, 3.05) is 31.6 Å². The Labute approximate surface area is 195 Å². The summed E-state index contributed by atoms with van der Waals surface area (Å²) in [5.74, 6) is -0.137. The molecular weight excluding hydrogens is 434 g/mol. The fourth-order valence-corrected chi connectivity index (χ4v) is 4.96. The van der Waals surface area contributed by atoms with Crippen LogP contribution in [-0.4, -0.2) is 48.4 Å². The van der Waals surface area contributed by atoms with Crippen LogP contribution in [-0.2, 0) is 11.3 Å². The van der Waals surface area contributed by atoms with Gasteiger partial charge in [0.2, 0.25) is 0 Å². The minimum absolute atomic E-state index is 0.137. The smallest absolute Gasteiger partial charge is 0.265 e. The Bertz CT molecular complexity index is 1310. The predicted molar refractivity (Wildman–Crippen MR) is 131 cm³/mol. The van der Waals surface area contributed by atoms with E-state index in [0.717, 1.165) is 71.7 Å². The maximum atomic E-state index is 12.9. The molecule has 5 rings (SSSR count). The number of fused-ring (bicyclic) bond motifs is 1. The summed E-state index contributed by atoms with van der Waals surface area (Å²) in [6.07, 6.45) is 2.58. The minimum atomic E-state index is -0.137. The van der Waals surface area contributed by atoms with E-state index in [1.54, 1.807) is 12.3 Å². The van der Waals surface area contributed by atoms with Crippen molar-refractivity contribution in [1.82, 2.24) is 9.88 Å². The molecule has 0 atom stereocenters. The van der Waals surface area contributed by atoms with Gasteiger partial charge in [-0.2, -0.15) is 0 Å². The molecule has 0 unspecified atom stereocenters. The first kappa shape index (κ1) is 21.5. The maximum Gasteiger partial charge on any atom is 0.265 e. The molecule has 1 saturated heterocycles. The Morgan fingerprint density at radius 3 is 2.82 bits per heavy atom. The lowest BCUT2D eigenvalue weighted by atomic mass is 10.1. The Morgan fingerprint density at radius 1 is 1.09 bits per heavy atom. The van der Waals surface area contributed by atoms with Crippen LogP contribution in [0.3, 0.4) is 0 Å². The van der Waals surface area contributed by atoms with Gasteiger partial charge in [-0.1, -0.05) is 12.1 Å². The number of anilines is 1. The summed E-state index contributed by atoms with van der Waals surface area (Å²) >= 11 is 1.42. The van der Waals surface area contributed by atoms with E-state index in [2.05, 4.69) is 21.3 Å². The number of carbonyl (C=O) groups excluding carboxylic acids is 2. The van der Waals surface area contributed by atoms with Crippen LogP contribution in [0.4, 0.5) is 5.69 Å². The number of morpholine rings is 1. The van der Waals surface area contributed by atoms with Crippen molar-refractivity contribution in [1.29, 1.82) is 0 Å². The van der Waals surface area contributed by atoms with Crippen molar-refractivity contribution in [2.24, 2.45) is 0 Å². The van der Waals surface area contributed by atoms with Crippen molar-refractivity contribution in [2.45, 2.75) is 6.54 Å². The molecule has 33 heavy (non-hydrogen) atoms. The van der Waals surface area contributed by atoms with E-state index in [4.69, 9.17) is 4.74 Å². The molecule has 0 radical (unpaired) electrons. The van der Waals surface area contributed by atoms with Gasteiger partial charge in [0, 0.05) is 52.9 Å². The Morgan fingerprint density at radius 2 is 1.97 bits per heavy atom. The molecule has 166 valence electrons. The summed E-state index contributed by atoms with van der Waals surface area (Å²) in [6.45, 7) is 4.22.